The molecule has 3 N–H and O–H groups in total. The van der Waals surface area contributed by atoms with Gasteiger partial charge in [0, 0.05) is 50.0 Å². The van der Waals surface area contributed by atoms with Gasteiger partial charge in [0.05, 0.1) is 0 Å². The Morgan fingerprint density at radius 2 is 1.83 bits per heavy atom. The van der Waals surface area contributed by atoms with Gasteiger partial charge in [0.25, 0.3) is 0 Å². The van der Waals surface area contributed by atoms with E-state index in [4.69, 9.17) is 5.73 Å². The normalized spacial score (nSPS) is 24.7. The Bertz CT molecular complexity index is 495. The molecule has 3 rings (SSSR count). The molecule has 2 aliphatic rings. The number of piperidine rings is 1. The third-order valence-corrected chi connectivity index (χ3v) is 4.93. The van der Waals surface area contributed by atoms with Crippen molar-refractivity contribution in [1.29, 1.82) is 0 Å². The van der Waals surface area contributed by atoms with Crippen LogP contribution in [0.5, 0.6) is 0 Å². The molecule has 2 atom stereocenters. The third kappa shape index (κ3) is 5.88. The molecule has 0 radical (unpaired) electrons. The minimum Gasteiger partial charge on any atom is -0.353 e. The maximum Gasteiger partial charge on any atom is 0.223 e. The minimum absolute atomic E-state index is 0. The van der Waals surface area contributed by atoms with Crippen LogP contribution in [-0.2, 0) is 11.3 Å². The number of rotatable bonds is 4. The molecule has 1 aromatic rings. The second-order valence-corrected chi connectivity index (χ2v) is 6.68. The number of nitrogens with one attached hydrogen (secondary N) is 1. The van der Waals surface area contributed by atoms with Crippen LogP contribution in [0.1, 0.15) is 37.7 Å². The molecule has 0 aromatic carbocycles. The fraction of sp³-hybridized carbons (Fsp3) is 0.647. The number of halogens is 2. The van der Waals surface area contributed by atoms with E-state index in [-0.39, 0.29) is 42.7 Å². The van der Waals surface area contributed by atoms with Crippen LogP contribution >= 0.6 is 24.8 Å². The maximum atomic E-state index is 12.2. The smallest absolute Gasteiger partial charge is 0.223 e. The SMILES string of the molecule is Cl.Cl.NC1CCC(C(=O)NC2CCN(Cc3ccncc3)CC2)C1. The molecular weight excluding hydrogens is 347 g/mol. The lowest BCUT2D eigenvalue weighted by Gasteiger charge is -2.32. The first-order valence-corrected chi connectivity index (χ1v) is 8.38. The van der Waals surface area contributed by atoms with Crippen molar-refractivity contribution in [2.45, 2.75) is 50.7 Å². The van der Waals surface area contributed by atoms with Gasteiger partial charge in [-0.25, -0.2) is 0 Å². The van der Waals surface area contributed by atoms with Crippen molar-refractivity contribution in [3.8, 4) is 0 Å². The number of nitrogens with zero attached hydrogens (tertiary/aromatic N) is 2. The molecule has 1 aromatic heterocycles. The number of nitrogens with two attached hydrogens (primary N) is 1. The first kappa shape index (κ1) is 21.2. The molecule has 1 aliphatic heterocycles. The Kier molecular flexibility index (Phi) is 8.98. The molecular formula is C17H28Cl2N4O. The summed E-state index contributed by atoms with van der Waals surface area (Å²) in [6.45, 7) is 3.05. The van der Waals surface area contributed by atoms with Crippen LogP contribution in [0.25, 0.3) is 0 Å². The average molecular weight is 375 g/mol. The molecule has 24 heavy (non-hydrogen) atoms. The summed E-state index contributed by atoms with van der Waals surface area (Å²) in [5.74, 6) is 0.366. The van der Waals surface area contributed by atoms with Crippen LogP contribution in [0.15, 0.2) is 24.5 Å². The van der Waals surface area contributed by atoms with Gasteiger partial charge >= 0.3 is 0 Å². The second-order valence-electron chi connectivity index (χ2n) is 6.68. The van der Waals surface area contributed by atoms with Crippen LogP contribution < -0.4 is 11.1 Å². The van der Waals surface area contributed by atoms with Crippen molar-refractivity contribution >= 4 is 30.7 Å². The number of hydrogen-bond donors (Lipinski definition) is 2. The average Bonchev–Trinajstić information content (AvgIpc) is 2.97. The Balaban J connectivity index is 0.00000144. The van der Waals surface area contributed by atoms with E-state index < -0.39 is 0 Å². The highest BCUT2D eigenvalue weighted by Crippen LogP contribution is 2.24. The molecule has 2 heterocycles. The number of carbonyl (C=O) groups is 1. The number of likely N-dealkylation sites (tertiary alicyclic amines) is 1. The van der Waals surface area contributed by atoms with Gasteiger partial charge in [-0.15, -0.1) is 24.8 Å². The first-order chi connectivity index (χ1) is 10.7. The molecule has 2 fully saturated rings. The fourth-order valence-corrected chi connectivity index (χ4v) is 3.56. The van der Waals surface area contributed by atoms with Crippen molar-refractivity contribution < 1.29 is 4.79 Å². The Labute approximate surface area is 156 Å². The van der Waals surface area contributed by atoms with Crippen LogP contribution in [0, 0.1) is 5.92 Å². The van der Waals surface area contributed by atoms with E-state index in [9.17, 15) is 4.79 Å². The summed E-state index contributed by atoms with van der Waals surface area (Å²) in [6.07, 6.45) is 8.55. The Morgan fingerprint density at radius 1 is 1.17 bits per heavy atom. The quantitative estimate of drug-likeness (QED) is 0.846. The summed E-state index contributed by atoms with van der Waals surface area (Å²) < 4.78 is 0. The van der Waals surface area contributed by atoms with Gasteiger partial charge in [-0.3, -0.25) is 14.7 Å². The van der Waals surface area contributed by atoms with E-state index >= 15 is 0 Å². The van der Waals surface area contributed by atoms with Crippen LogP contribution in [0.4, 0.5) is 0 Å². The lowest BCUT2D eigenvalue weighted by molar-refractivity contribution is -0.125. The highest BCUT2D eigenvalue weighted by Gasteiger charge is 2.29. The fourth-order valence-electron chi connectivity index (χ4n) is 3.56. The maximum absolute atomic E-state index is 12.2. The molecule has 1 aliphatic carbocycles. The summed E-state index contributed by atoms with van der Waals surface area (Å²) in [5.41, 5.74) is 7.20. The molecule has 136 valence electrons. The molecule has 0 spiro atoms. The molecule has 0 bridgehead atoms. The summed E-state index contributed by atoms with van der Waals surface area (Å²) >= 11 is 0. The zero-order chi connectivity index (χ0) is 15.4. The Hall–Kier alpha value is -0.880. The van der Waals surface area contributed by atoms with Crippen molar-refractivity contribution in [3.05, 3.63) is 30.1 Å². The lowest BCUT2D eigenvalue weighted by Crippen LogP contribution is -2.46. The second kappa shape index (κ2) is 10.2. The summed E-state index contributed by atoms with van der Waals surface area (Å²) in [4.78, 5) is 18.7. The Morgan fingerprint density at radius 3 is 2.42 bits per heavy atom. The largest absolute Gasteiger partial charge is 0.353 e. The van der Waals surface area contributed by atoms with E-state index in [1.165, 1.54) is 5.56 Å². The first-order valence-electron chi connectivity index (χ1n) is 8.38. The van der Waals surface area contributed by atoms with Gasteiger partial charge in [0.2, 0.25) is 5.91 Å². The predicted octanol–water partition coefficient (Wildman–Crippen LogP) is 2.13. The summed E-state index contributed by atoms with van der Waals surface area (Å²) in [7, 11) is 0. The van der Waals surface area contributed by atoms with Gasteiger partial charge < -0.3 is 11.1 Å². The number of amides is 1. The number of pyridine rings is 1. The molecule has 1 amide bonds. The monoisotopic (exact) mass is 374 g/mol. The topological polar surface area (TPSA) is 71.2 Å². The van der Waals surface area contributed by atoms with Crippen LogP contribution in [0.3, 0.4) is 0 Å². The van der Waals surface area contributed by atoms with Gasteiger partial charge in [-0.05, 0) is 49.8 Å². The minimum atomic E-state index is 0. The van der Waals surface area contributed by atoms with Crippen molar-refractivity contribution in [1.82, 2.24) is 15.2 Å². The van der Waals surface area contributed by atoms with E-state index in [1.54, 1.807) is 0 Å². The molecule has 1 saturated carbocycles. The standard InChI is InChI=1S/C17H26N4O.2ClH/c18-15-2-1-14(11-15)17(22)20-16-5-9-21(10-6-16)12-13-3-7-19-8-4-13;;/h3-4,7-8,14-16H,1-2,5-6,9-12,18H2,(H,20,22);2*1H. The van der Waals surface area contributed by atoms with Crippen molar-refractivity contribution in [2.24, 2.45) is 11.7 Å². The summed E-state index contributed by atoms with van der Waals surface area (Å²) in [6, 6.07) is 4.69. The van der Waals surface area contributed by atoms with E-state index in [1.807, 2.05) is 12.4 Å². The van der Waals surface area contributed by atoms with E-state index in [0.717, 1.165) is 51.7 Å². The van der Waals surface area contributed by atoms with E-state index in [2.05, 4.69) is 27.3 Å². The molecule has 2 unspecified atom stereocenters. The van der Waals surface area contributed by atoms with Crippen LogP contribution in [0.2, 0.25) is 0 Å². The van der Waals surface area contributed by atoms with Gasteiger partial charge in [-0.1, -0.05) is 0 Å². The van der Waals surface area contributed by atoms with Gasteiger partial charge in [0.15, 0.2) is 0 Å². The van der Waals surface area contributed by atoms with Crippen molar-refractivity contribution in [3.63, 3.8) is 0 Å². The predicted molar refractivity (Wildman–Crippen MR) is 100 cm³/mol. The lowest BCUT2D eigenvalue weighted by atomic mass is 10.0. The summed E-state index contributed by atoms with van der Waals surface area (Å²) in [5, 5.41) is 3.23. The number of hydrogen-bond acceptors (Lipinski definition) is 4. The highest BCUT2D eigenvalue weighted by molar-refractivity contribution is 5.85. The van der Waals surface area contributed by atoms with Crippen molar-refractivity contribution in [2.75, 3.05) is 13.1 Å². The van der Waals surface area contributed by atoms with E-state index in [0.29, 0.717) is 6.04 Å². The zero-order valence-electron chi connectivity index (χ0n) is 13.9. The number of carbonyl (C=O) groups excluding carboxylic acids is 1. The molecule has 5 nitrogen and oxygen atoms in total. The highest BCUT2D eigenvalue weighted by atomic mass is 35.5. The number of aromatic nitrogens is 1. The van der Waals surface area contributed by atoms with Gasteiger partial charge in [-0.2, -0.15) is 0 Å². The molecule has 1 saturated heterocycles. The van der Waals surface area contributed by atoms with Gasteiger partial charge in [0.1, 0.15) is 0 Å². The zero-order valence-corrected chi connectivity index (χ0v) is 15.5. The third-order valence-electron chi connectivity index (χ3n) is 4.93. The van der Waals surface area contributed by atoms with Crippen LogP contribution in [-0.4, -0.2) is 41.0 Å². The molecule has 7 heteroatoms.